The van der Waals surface area contributed by atoms with Gasteiger partial charge in [0, 0.05) is 6.61 Å². The molecular weight excluding hydrogens is 471 g/mol. The molecule has 2 rings (SSSR count). The zero-order valence-electron chi connectivity index (χ0n) is 26.2. The molecule has 0 heterocycles. The van der Waals surface area contributed by atoms with Crippen LogP contribution in [0.4, 0.5) is 0 Å². The summed E-state index contributed by atoms with van der Waals surface area (Å²) in [6, 6.07) is 20.8. The average molecular weight is 531 g/mol. The minimum absolute atomic E-state index is 0.300. The number of quaternary nitrogens is 2. The third kappa shape index (κ3) is 17.0. The van der Waals surface area contributed by atoms with E-state index in [-0.39, 0.29) is 0 Å². The first-order valence-electron chi connectivity index (χ1n) is 15.0. The zero-order chi connectivity index (χ0) is 29.3. The van der Waals surface area contributed by atoms with Crippen molar-refractivity contribution in [3.63, 3.8) is 0 Å². The Morgan fingerprint density at radius 2 is 0.816 bits per heavy atom. The van der Waals surface area contributed by atoms with E-state index in [0.717, 1.165) is 12.8 Å². The van der Waals surface area contributed by atoms with Crippen LogP contribution < -0.4 is 10.0 Å². The van der Waals surface area contributed by atoms with Crippen molar-refractivity contribution >= 4 is 7.32 Å². The van der Waals surface area contributed by atoms with Crippen molar-refractivity contribution in [1.82, 2.24) is 0 Å². The van der Waals surface area contributed by atoms with Crippen LogP contribution in [0.1, 0.15) is 75.2 Å². The van der Waals surface area contributed by atoms with Gasteiger partial charge in [-0.3, -0.25) is 0 Å². The Morgan fingerprint density at radius 1 is 0.526 bits per heavy atom. The van der Waals surface area contributed by atoms with Gasteiger partial charge in [-0.2, -0.15) is 0 Å². The monoisotopic (exact) mass is 530 g/mol. The molecule has 0 N–H and O–H groups in total. The Labute approximate surface area is 236 Å². The molecule has 0 aliphatic rings. The maximum absolute atomic E-state index is 9.62. The van der Waals surface area contributed by atoms with Crippen LogP contribution in [0.25, 0.3) is 11.1 Å². The molecule has 0 bridgehead atoms. The maximum Gasteiger partial charge on any atom is 0.0757 e. The molecule has 0 radical (unpaired) electrons. The second-order valence-corrected chi connectivity index (χ2v) is 9.46. The van der Waals surface area contributed by atoms with Crippen molar-refractivity contribution in [2.75, 3.05) is 59.0 Å². The van der Waals surface area contributed by atoms with Crippen molar-refractivity contribution in [2.45, 2.75) is 75.2 Å². The fraction of sp³-hybridized carbons (Fsp3) is 0.625. The molecule has 0 saturated heterocycles. The molecule has 0 fully saturated rings. The van der Waals surface area contributed by atoms with E-state index in [9.17, 15) is 10.0 Å². The van der Waals surface area contributed by atoms with E-state index in [1.54, 1.807) is 0 Å². The summed E-state index contributed by atoms with van der Waals surface area (Å²) in [6.07, 6.45) is 1.74. The van der Waals surface area contributed by atoms with Gasteiger partial charge in [-0.05, 0) is 72.9 Å². The molecule has 0 aliphatic heterocycles. The molecule has 6 heteroatoms. The molecule has 0 aliphatic carbocycles. The number of hydrogen-bond acceptors (Lipinski definition) is 3. The van der Waals surface area contributed by atoms with Crippen LogP contribution in [0.15, 0.2) is 60.7 Å². The zero-order valence-corrected chi connectivity index (χ0v) is 26.2. The summed E-state index contributed by atoms with van der Waals surface area (Å²) in [4.78, 5) is 0. The van der Waals surface area contributed by atoms with Crippen LogP contribution in [-0.2, 0) is 4.65 Å². The topological polar surface area (TPSA) is 55.3 Å². The number of hydrogen-bond donors (Lipinski definition) is 0. The second-order valence-electron chi connectivity index (χ2n) is 9.46. The Hall–Kier alpha value is -1.70. The van der Waals surface area contributed by atoms with Crippen molar-refractivity contribution in [3.05, 3.63) is 60.7 Å². The lowest BCUT2D eigenvalue weighted by molar-refractivity contribution is -0.921. The molecular formula is C32H59BN2O3. The molecule has 0 saturated carbocycles. The predicted octanol–water partition coefficient (Wildman–Crippen LogP) is 5.63. The highest BCUT2D eigenvalue weighted by molar-refractivity contribution is 6.28. The Bertz CT molecular complexity index is 644. The molecule has 5 nitrogen and oxygen atoms in total. The fourth-order valence-corrected chi connectivity index (χ4v) is 4.27. The van der Waals surface area contributed by atoms with Gasteiger partial charge in [0.25, 0.3) is 0 Å². The summed E-state index contributed by atoms with van der Waals surface area (Å²) < 4.78 is 6.73. The van der Waals surface area contributed by atoms with Gasteiger partial charge < -0.3 is 23.7 Å². The minimum atomic E-state index is -2.10. The molecule has 2 aromatic rings. The summed E-state index contributed by atoms with van der Waals surface area (Å²) in [5.74, 6) is 0. The third-order valence-corrected chi connectivity index (χ3v) is 8.00. The summed E-state index contributed by atoms with van der Waals surface area (Å²) >= 11 is 0. The highest BCUT2D eigenvalue weighted by Gasteiger charge is 2.16. The van der Waals surface area contributed by atoms with Gasteiger partial charge in [0.05, 0.1) is 59.7 Å². The lowest BCUT2D eigenvalue weighted by Gasteiger charge is -2.34. The van der Waals surface area contributed by atoms with Gasteiger partial charge in [-0.25, -0.2) is 0 Å². The van der Waals surface area contributed by atoms with Crippen LogP contribution in [0.2, 0.25) is 0 Å². The first-order chi connectivity index (χ1) is 18.2. The normalized spacial score (nSPS) is 10.7. The van der Waals surface area contributed by atoms with E-state index in [1.165, 1.54) is 72.5 Å². The number of benzene rings is 2. The first kappa shape index (κ1) is 38.5. The Balaban J connectivity index is 0. The van der Waals surface area contributed by atoms with Gasteiger partial charge in [-0.1, -0.05) is 74.0 Å². The molecule has 2 aromatic carbocycles. The quantitative estimate of drug-likeness (QED) is 0.192. The smallest absolute Gasteiger partial charge is 0.0757 e. The molecule has 0 amide bonds. The summed E-state index contributed by atoms with van der Waals surface area (Å²) in [5, 5.41) is 19.2. The Kier molecular flexibility index (Phi) is 24.6. The van der Waals surface area contributed by atoms with E-state index in [4.69, 9.17) is 0 Å². The number of rotatable bonds is 13. The van der Waals surface area contributed by atoms with Gasteiger partial charge in [0.1, 0.15) is 0 Å². The van der Waals surface area contributed by atoms with Crippen LogP contribution >= 0.6 is 0 Å². The summed E-state index contributed by atoms with van der Waals surface area (Å²) in [5.41, 5.74) is 2.55. The van der Waals surface area contributed by atoms with Gasteiger partial charge in [0.2, 0.25) is 0 Å². The molecule has 0 atom stereocenters. The lowest BCUT2D eigenvalue weighted by atomic mass is 10.1. The molecule has 38 heavy (non-hydrogen) atoms. The fourth-order valence-electron chi connectivity index (χ4n) is 4.27. The van der Waals surface area contributed by atoms with Crippen LogP contribution in [-0.4, -0.2) is 75.3 Å². The van der Waals surface area contributed by atoms with Gasteiger partial charge in [-0.15, -0.1) is 0 Å². The van der Waals surface area contributed by atoms with Crippen LogP contribution in [0.3, 0.4) is 0 Å². The van der Waals surface area contributed by atoms with Crippen LogP contribution in [0, 0.1) is 0 Å². The number of unbranched alkanes of at least 4 members (excludes halogenated alkanes) is 1. The standard InChI is InChI=1S/C12H10.2C8H20N.C4H9BO3/c1-3-7-11(8-4-1)12-9-5-2-6-10-12;2*1-5-9(6-2,7-3)8-4;1-2-3-4-8-5(6)7/h1-10H;2*5-8H2,1-4H3;2-4H2,1H3/q;2*+1;-2. The summed E-state index contributed by atoms with van der Waals surface area (Å²) in [6.45, 7) is 30.7. The summed E-state index contributed by atoms with van der Waals surface area (Å²) in [7, 11) is -2.10. The Morgan fingerprint density at radius 3 is 1.00 bits per heavy atom. The highest BCUT2D eigenvalue weighted by atomic mass is 16.6. The molecule has 218 valence electrons. The van der Waals surface area contributed by atoms with Gasteiger partial charge in [0.15, 0.2) is 0 Å². The average Bonchev–Trinajstić information content (AvgIpc) is 2.98. The van der Waals surface area contributed by atoms with Crippen molar-refractivity contribution in [2.24, 2.45) is 0 Å². The van der Waals surface area contributed by atoms with Crippen molar-refractivity contribution < 1.29 is 23.7 Å². The lowest BCUT2D eigenvalue weighted by Crippen LogP contribution is -2.47. The first-order valence-corrected chi connectivity index (χ1v) is 15.0. The largest absolute Gasteiger partial charge is 0.871 e. The molecule has 0 unspecified atom stereocenters. The minimum Gasteiger partial charge on any atom is -0.871 e. The molecule has 0 aromatic heterocycles. The maximum atomic E-state index is 9.62. The van der Waals surface area contributed by atoms with E-state index in [0.29, 0.717) is 6.61 Å². The number of nitrogens with zero attached hydrogens (tertiary/aromatic N) is 2. The van der Waals surface area contributed by atoms with Crippen molar-refractivity contribution in [3.8, 4) is 11.1 Å². The van der Waals surface area contributed by atoms with Gasteiger partial charge >= 0.3 is 0 Å². The van der Waals surface area contributed by atoms with E-state index in [1.807, 2.05) is 19.1 Å². The predicted molar refractivity (Wildman–Crippen MR) is 163 cm³/mol. The highest BCUT2D eigenvalue weighted by Crippen LogP contribution is 2.17. The molecule has 0 spiro atoms. The van der Waals surface area contributed by atoms with E-state index in [2.05, 4.69) is 109 Å². The second kappa shape index (κ2) is 24.4. The van der Waals surface area contributed by atoms with E-state index >= 15 is 0 Å². The van der Waals surface area contributed by atoms with Crippen molar-refractivity contribution in [1.29, 1.82) is 0 Å². The van der Waals surface area contributed by atoms with E-state index < -0.39 is 7.32 Å². The third-order valence-electron chi connectivity index (χ3n) is 8.00. The SMILES string of the molecule is CCCCOB([O-])[O-].CC[N+](CC)(CC)CC.CC[N+](CC)(CC)CC.c1ccc(-c2ccccc2)cc1. The van der Waals surface area contributed by atoms with Crippen LogP contribution in [0.5, 0.6) is 0 Å².